The fourth-order valence-corrected chi connectivity index (χ4v) is 2.38. The smallest absolute Gasteiger partial charge is 0.0665 e. The molecule has 0 spiro atoms. The third-order valence-electron chi connectivity index (χ3n) is 2.73. The molecular formula is C11H15ClN2. The van der Waals surface area contributed by atoms with E-state index < -0.39 is 0 Å². The van der Waals surface area contributed by atoms with Crippen molar-refractivity contribution in [3.63, 3.8) is 0 Å². The molecule has 1 aliphatic carbocycles. The highest BCUT2D eigenvalue weighted by Crippen LogP contribution is 2.30. The minimum absolute atomic E-state index is 0.202. The Bertz CT molecular complexity index is 346. The van der Waals surface area contributed by atoms with E-state index in [-0.39, 0.29) is 5.38 Å². The predicted octanol–water partition coefficient (Wildman–Crippen LogP) is 2.90. The lowest BCUT2D eigenvalue weighted by Gasteiger charge is -2.17. The molecule has 1 aliphatic rings. The largest absolute Gasteiger partial charge is 0.268 e. The van der Waals surface area contributed by atoms with Crippen LogP contribution in [0, 0.1) is 6.92 Å². The van der Waals surface area contributed by atoms with Gasteiger partial charge in [0, 0.05) is 7.05 Å². The molecule has 0 aliphatic heterocycles. The van der Waals surface area contributed by atoms with Gasteiger partial charge in [0.25, 0.3) is 0 Å². The van der Waals surface area contributed by atoms with E-state index in [0.717, 1.165) is 12.8 Å². The van der Waals surface area contributed by atoms with Crippen LogP contribution in [-0.4, -0.2) is 15.2 Å². The first-order valence-corrected chi connectivity index (χ1v) is 5.46. The van der Waals surface area contributed by atoms with Crippen molar-refractivity contribution < 1.29 is 0 Å². The van der Waals surface area contributed by atoms with E-state index in [9.17, 15) is 0 Å². The summed E-state index contributed by atoms with van der Waals surface area (Å²) in [5.74, 6) is 0. The Hall–Kier alpha value is -0.760. The fraction of sp³-hybridized carbons (Fsp3) is 0.545. The number of aromatic nitrogens is 2. The number of rotatable bonds is 1. The third-order valence-corrected chi connectivity index (χ3v) is 3.08. The Morgan fingerprint density at radius 2 is 2.36 bits per heavy atom. The molecule has 1 aromatic heterocycles. The summed E-state index contributed by atoms with van der Waals surface area (Å²) in [6, 6.07) is 0. The third kappa shape index (κ3) is 1.71. The van der Waals surface area contributed by atoms with Crippen LogP contribution >= 0.6 is 11.6 Å². The number of alkyl halides is 1. The van der Waals surface area contributed by atoms with Crippen LogP contribution in [0.5, 0.6) is 0 Å². The minimum atomic E-state index is 0.202. The number of nitrogens with zero attached hydrogens (tertiary/aromatic N) is 2. The molecule has 0 bridgehead atoms. The molecule has 0 saturated carbocycles. The Balaban J connectivity index is 2.39. The van der Waals surface area contributed by atoms with E-state index in [2.05, 4.69) is 18.1 Å². The predicted molar refractivity (Wildman–Crippen MR) is 59.4 cm³/mol. The molecule has 2 rings (SSSR count). The van der Waals surface area contributed by atoms with Crippen molar-refractivity contribution in [3.8, 4) is 0 Å². The van der Waals surface area contributed by atoms with Crippen molar-refractivity contribution in [1.29, 1.82) is 0 Å². The maximum absolute atomic E-state index is 6.13. The maximum Gasteiger partial charge on any atom is 0.0665 e. The summed E-state index contributed by atoms with van der Waals surface area (Å²) in [6.45, 7) is 2.10. The molecule has 1 aromatic rings. The molecule has 14 heavy (non-hydrogen) atoms. The normalized spacial score (nSPS) is 22.2. The molecule has 1 atom stereocenters. The molecule has 76 valence electrons. The molecule has 0 fully saturated rings. The zero-order valence-corrected chi connectivity index (χ0v) is 9.38. The van der Waals surface area contributed by atoms with Crippen molar-refractivity contribution in [1.82, 2.24) is 9.78 Å². The lowest BCUT2D eigenvalue weighted by atomic mass is 9.95. The molecule has 0 radical (unpaired) electrons. The number of hydrogen-bond acceptors (Lipinski definition) is 1. The number of aryl methyl sites for hydroxylation is 2. The summed E-state index contributed by atoms with van der Waals surface area (Å²) in [5.41, 5.74) is 3.84. The van der Waals surface area contributed by atoms with E-state index in [0.29, 0.717) is 0 Å². The van der Waals surface area contributed by atoms with Crippen LogP contribution in [0.1, 0.15) is 30.5 Å². The number of halogens is 1. The standard InChI is InChI=1S/C11H15ClN2/c1-8-7-13-14(2)11(8)9-4-3-5-10(12)6-9/h6-7,10H,3-5H2,1-2H3. The Labute approximate surface area is 89.6 Å². The zero-order valence-electron chi connectivity index (χ0n) is 8.63. The van der Waals surface area contributed by atoms with E-state index in [4.69, 9.17) is 11.6 Å². The molecule has 0 aromatic carbocycles. The van der Waals surface area contributed by atoms with Crippen molar-refractivity contribution in [2.45, 2.75) is 31.6 Å². The number of hydrogen-bond donors (Lipinski definition) is 0. The Morgan fingerprint density at radius 1 is 1.57 bits per heavy atom. The van der Waals surface area contributed by atoms with Crippen LogP contribution < -0.4 is 0 Å². The van der Waals surface area contributed by atoms with Gasteiger partial charge >= 0.3 is 0 Å². The summed E-state index contributed by atoms with van der Waals surface area (Å²) < 4.78 is 1.94. The average molecular weight is 211 g/mol. The molecule has 0 saturated heterocycles. The van der Waals surface area contributed by atoms with E-state index in [1.54, 1.807) is 0 Å². The van der Waals surface area contributed by atoms with Gasteiger partial charge in [0.1, 0.15) is 0 Å². The highest BCUT2D eigenvalue weighted by molar-refractivity contribution is 6.22. The van der Waals surface area contributed by atoms with Crippen LogP contribution in [0.25, 0.3) is 5.57 Å². The van der Waals surface area contributed by atoms with Gasteiger partial charge in [0.05, 0.1) is 17.3 Å². The van der Waals surface area contributed by atoms with Crippen LogP contribution in [0.15, 0.2) is 12.3 Å². The molecule has 0 N–H and O–H groups in total. The molecule has 1 unspecified atom stereocenters. The van der Waals surface area contributed by atoms with Crippen molar-refractivity contribution >= 4 is 17.2 Å². The van der Waals surface area contributed by atoms with Gasteiger partial charge < -0.3 is 0 Å². The first-order valence-electron chi connectivity index (χ1n) is 5.02. The summed E-state index contributed by atoms with van der Waals surface area (Å²) >= 11 is 6.13. The summed E-state index contributed by atoms with van der Waals surface area (Å²) in [6.07, 6.45) is 7.50. The SMILES string of the molecule is Cc1cnn(C)c1C1=CC(Cl)CCC1. The molecular weight excluding hydrogens is 196 g/mol. The van der Waals surface area contributed by atoms with Gasteiger partial charge in [-0.05, 0) is 37.3 Å². The average Bonchev–Trinajstić information content (AvgIpc) is 2.46. The first-order chi connectivity index (χ1) is 6.68. The quantitative estimate of drug-likeness (QED) is 0.652. The van der Waals surface area contributed by atoms with E-state index in [1.165, 1.54) is 23.3 Å². The highest BCUT2D eigenvalue weighted by Gasteiger charge is 2.16. The van der Waals surface area contributed by atoms with Crippen LogP contribution in [0.3, 0.4) is 0 Å². The van der Waals surface area contributed by atoms with Crippen LogP contribution in [0.2, 0.25) is 0 Å². The van der Waals surface area contributed by atoms with Gasteiger partial charge in [-0.25, -0.2) is 0 Å². The molecule has 0 amide bonds. The van der Waals surface area contributed by atoms with E-state index in [1.807, 2.05) is 17.9 Å². The van der Waals surface area contributed by atoms with Gasteiger partial charge in [0.15, 0.2) is 0 Å². The minimum Gasteiger partial charge on any atom is -0.268 e. The second kappa shape index (κ2) is 3.77. The van der Waals surface area contributed by atoms with Crippen LogP contribution in [-0.2, 0) is 7.05 Å². The van der Waals surface area contributed by atoms with Crippen molar-refractivity contribution in [3.05, 3.63) is 23.5 Å². The van der Waals surface area contributed by atoms with Crippen molar-refractivity contribution in [2.75, 3.05) is 0 Å². The van der Waals surface area contributed by atoms with Crippen LogP contribution in [0.4, 0.5) is 0 Å². The lowest BCUT2D eigenvalue weighted by molar-refractivity contribution is 0.716. The second-order valence-electron chi connectivity index (χ2n) is 3.90. The topological polar surface area (TPSA) is 17.8 Å². The second-order valence-corrected chi connectivity index (χ2v) is 4.46. The van der Waals surface area contributed by atoms with Gasteiger partial charge in [-0.3, -0.25) is 4.68 Å². The monoisotopic (exact) mass is 210 g/mol. The highest BCUT2D eigenvalue weighted by atomic mass is 35.5. The lowest BCUT2D eigenvalue weighted by Crippen LogP contribution is -2.06. The Morgan fingerprint density at radius 3 is 2.93 bits per heavy atom. The van der Waals surface area contributed by atoms with Gasteiger partial charge in [-0.1, -0.05) is 6.08 Å². The van der Waals surface area contributed by atoms with Crippen molar-refractivity contribution in [2.24, 2.45) is 7.05 Å². The molecule has 3 heteroatoms. The maximum atomic E-state index is 6.13. The van der Waals surface area contributed by atoms with Gasteiger partial charge in [-0.15, -0.1) is 11.6 Å². The van der Waals surface area contributed by atoms with E-state index >= 15 is 0 Å². The summed E-state index contributed by atoms with van der Waals surface area (Å²) in [7, 11) is 1.99. The molecule has 2 nitrogen and oxygen atoms in total. The fourth-order valence-electron chi connectivity index (χ4n) is 2.08. The Kier molecular flexibility index (Phi) is 2.64. The van der Waals surface area contributed by atoms with Gasteiger partial charge in [0.2, 0.25) is 0 Å². The first kappa shape index (κ1) is 9.78. The molecule has 1 heterocycles. The summed E-state index contributed by atoms with van der Waals surface area (Å²) in [5, 5.41) is 4.45. The zero-order chi connectivity index (χ0) is 10.1. The summed E-state index contributed by atoms with van der Waals surface area (Å²) in [4.78, 5) is 0. The number of allylic oxidation sites excluding steroid dienone is 2. The van der Waals surface area contributed by atoms with Gasteiger partial charge in [-0.2, -0.15) is 5.10 Å².